The van der Waals surface area contributed by atoms with Crippen LogP contribution < -0.4 is 5.32 Å². The van der Waals surface area contributed by atoms with Crippen LogP contribution in [0.1, 0.15) is 32.6 Å². The minimum atomic E-state index is -0.432. The lowest BCUT2D eigenvalue weighted by Gasteiger charge is -2.28. The second-order valence-corrected chi connectivity index (χ2v) is 5.44. The molecule has 2 rings (SSSR count). The van der Waals surface area contributed by atoms with E-state index in [1.807, 2.05) is 0 Å². The predicted molar refractivity (Wildman–Crippen MR) is 73.1 cm³/mol. The second kappa shape index (κ2) is 5.57. The van der Waals surface area contributed by atoms with Gasteiger partial charge in [0.25, 0.3) is 5.69 Å². The number of benzene rings is 1. The number of hydrogen-bond acceptors (Lipinski definition) is 3. The monoisotopic (exact) mass is 268 g/mol. The van der Waals surface area contributed by atoms with Crippen LogP contribution in [0.15, 0.2) is 18.2 Å². The van der Waals surface area contributed by atoms with Gasteiger partial charge in [0.05, 0.1) is 15.6 Å². The standard InChI is InChI=1S/C13H17ClN2O2/c1-9-3-2-4-10(7-9)15-13-6-5-11(16(17)18)8-12(13)14/h5-6,8-10,15H,2-4,7H2,1H3. The van der Waals surface area contributed by atoms with E-state index in [0.717, 1.165) is 24.4 Å². The molecule has 0 bridgehead atoms. The van der Waals surface area contributed by atoms with Gasteiger partial charge in [-0.3, -0.25) is 10.1 Å². The summed E-state index contributed by atoms with van der Waals surface area (Å²) >= 11 is 6.06. The number of nitro benzene ring substituents is 1. The first-order valence-electron chi connectivity index (χ1n) is 6.26. The maximum Gasteiger partial charge on any atom is 0.271 e. The van der Waals surface area contributed by atoms with Crippen molar-refractivity contribution in [2.24, 2.45) is 5.92 Å². The summed E-state index contributed by atoms with van der Waals surface area (Å²) in [6.07, 6.45) is 4.78. The Morgan fingerprint density at radius 2 is 2.22 bits per heavy atom. The van der Waals surface area contributed by atoms with Crippen LogP contribution in [0.4, 0.5) is 11.4 Å². The van der Waals surface area contributed by atoms with Gasteiger partial charge >= 0.3 is 0 Å². The molecule has 0 aliphatic heterocycles. The van der Waals surface area contributed by atoms with Crippen molar-refractivity contribution in [3.8, 4) is 0 Å². The lowest BCUT2D eigenvalue weighted by Crippen LogP contribution is -2.26. The van der Waals surface area contributed by atoms with Gasteiger partial charge in [-0.2, -0.15) is 0 Å². The van der Waals surface area contributed by atoms with Gasteiger partial charge < -0.3 is 5.32 Å². The summed E-state index contributed by atoms with van der Waals surface area (Å²) in [6.45, 7) is 2.26. The minimum absolute atomic E-state index is 0.0302. The highest BCUT2D eigenvalue weighted by Crippen LogP contribution is 2.31. The summed E-state index contributed by atoms with van der Waals surface area (Å²) < 4.78 is 0. The molecule has 0 amide bonds. The van der Waals surface area contributed by atoms with Crippen LogP contribution >= 0.6 is 11.6 Å². The highest BCUT2D eigenvalue weighted by Gasteiger charge is 2.19. The van der Waals surface area contributed by atoms with Crippen molar-refractivity contribution < 1.29 is 4.92 Å². The summed E-state index contributed by atoms with van der Waals surface area (Å²) in [5.41, 5.74) is 0.823. The van der Waals surface area contributed by atoms with Crippen LogP contribution in [-0.4, -0.2) is 11.0 Å². The summed E-state index contributed by atoms with van der Waals surface area (Å²) in [5, 5.41) is 14.4. The maximum atomic E-state index is 10.6. The Labute approximate surface area is 111 Å². The molecule has 0 radical (unpaired) electrons. The van der Waals surface area contributed by atoms with Crippen LogP contribution in [0.2, 0.25) is 5.02 Å². The van der Waals surface area contributed by atoms with Gasteiger partial charge in [0.15, 0.2) is 0 Å². The van der Waals surface area contributed by atoms with Gasteiger partial charge in [0.2, 0.25) is 0 Å². The molecule has 1 N–H and O–H groups in total. The van der Waals surface area contributed by atoms with E-state index in [4.69, 9.17) is 11.6 Å². The SMILES string of the molecule is CC1CCCC(Nc2ccc([N+](=O)[O-])cc2Cl)C1. The number of hydrogen-bond donors (Lipinski definition) is 1. The van der Waals surface area contributed by atoms with Crippen LogP contribution in [0, 0.1) is 16.0 Å². The molecule has 5 heteroatoms. The smallest absolute Gasteiger partial charge is 0.271 e. The highest BCUT2D eigenvalue weighted by molar-refractivity contribution is 6.33. The molecule has 2 unspecified atom stereocenters. The highest BCUT2D eigenvalue weighted by atomic mass is 35.5. The number of halogens is 1. The van der Waals surface area contributed by atoms with Crippen molar-refractivity contribution in [3.63, 3.8) is 0 Å². The van der Waals surface area contributed by atoms with Crippen molar-refractivity contribution >= 4 is 23.0 Å². The average molecular weight is 269 g/mol. The zero-order chi connectivity index (χ0) is 13.1. The minimum Gasteiger partial charge on any atom is -0.381 e. The van der Waals surface area contributed by atoms with Crippen LogP contribution in [-0.2, 0) is 0 Å². The first-order valence-corrected chi connectivity index (χ1v) is 6.64. The number of non-ortho nitro benzene ring substituents is 1. The van der Waals surface area contributed by atoms with E-state index in [9.17, 15) is 10.1 Å². The van der Waals surface area contributed by atoms with Gasteiger partial charge in [0.1, 0.15) is 0 Å². The van der Waals surface area contributed by atoms with Gasteiger partial charge in [-0.15, -0.1) is 0 Å². The topological polar surface area (TPSA) is 55.2 Å². The van der Waals surface area contributed by atoms with Crippen molar-refractivity contribution in [3.05, 3.63) is 33.3 Å². The largest absolute Gasteiger partial charge is 0.381 e. The van der Waals surface area contributed by atoms with Crippen LogP contribution in [0.25, 0.3) is 0 Å². The number of nitro groups is 1. The number of nitrogens with one attached hydrogen (secondary N) is 1. The van der Waals surface area contributed by atoms with Crippen LogP contribution in [0.3, 0.4) is 0 Å². The maximum absolute atomic E-state index is 10.6. The van der Waals surface area contributed by atoms with Crippen molar-refractivity contribution in [2.75, 3.05) is 5.32 Å². The summed E-state index contributed by atoms with van der Waals surface area (Å²) in [7, 11) is 0. The number of nitrogens with zero attached hydrogens (tertiary/aromatic N) is 1. The van der Waals surface area contributed by atoms with E-state index in [0.29, 0.717) is 11.1 Å². The number of anilines is 1. The fraction of sp³-hybridized carbons (Fsp3) is 0.538. The molecule has 1 saturated carbocycles. The Morgan fingerprint density at radius 3 is 2.83 bits per heavy atom. The Balaban J connectivity index is 2.07. The molecule has 4 nitrogen and oxygen atoms in total. The molecule has 0 spiro atoms. The molecule has 0 heterocycles. The summed E-state index contributed by atoms with van der Waals surface area (Å²) in [4.78, 5) is 10.2. The molecule has 1 fully saturated rings. The lowest BCUT2D eigenvalue weighted by atomic mass is 9.87. The fourth-order valence-corrected chi connectivity index (χ4v) is 2.75. The van der Waals surface area contributed by atoms with Gasteiger partial charge in [-0.05, 0) is 24.8 Å². The Hall–Kier alpha value is -1.29. The normalized spacial score (nSPS) is 23.7. The Morgan fingerprint density at radius 1 is 1.44 bits per heavy atom. The van der Waals surface area contributed by atoms with Crippen molar-refractivity contribution in [1.29, 1.82) is 0 Å². The summed E-state index contributed by atoms with van der Waals surface area (Å²) in [5.74, 6) is 0.730. The van der Waals surface area contributed by atoms with E-state index in [2.05, 4.69) is 12.2 Å². The zero-order valence-electron chi connectivity index (χ0n) is 10.4. The van der Waals surface area contributed by atoms with Crippen molar-refractivity contribution in [2.45, 2.75) is 38.6 Å². The van der Waals surface area contributed by atoms with Gasteiger partial charge in [-0.25, -0.2) is 0 Å². The zero-order valence-corrected chi connectivity index (χ0v) is 11.1. The van der Waals surface area contributed by atoms with Crippen LogP contribution in [0.5, 0.6) is 0 Å². The lowest BCUT2D eigenvalue weighted by molar-refractivity contribution is -0.384. The average Bonchev–Trinajstić information content (AvgIpc) is 2.31. The van der Waals surface area contributed by atoms with E-state index in [1.54, 1.807) is 6.07 Å². The quantitative estimate of drug-likeness (QED) is 0.659. The second-order valence-electron chi connectivity index (χ2n) is 5.03. The predicted octanol–water partition coefficient (Wildman–Crippen LogP) is 4.24. The molecule has 0 aromatic heterocycles. The third-order valence-electron chi connectivity index (χ3n) is 3.46. The Bertz CT molecular complexity index is 451. The first kappa shape index (κ1) is 13.1. The van der Waals surface area contributed by atoms with E-state index >= 15 is 0 Å². The molecule has 98 valence electrons. The fourth-order valence-electron chi connectivity index (χ4n) is 2.52. The number of rotatable bonds is 3. The first-order chi connectivity index (χ1) is 8.56. The third kappa shape index (κ3) is 3.13. The molecule has 1 aromatic carbocycles. The molecule has 18 heavy (non-hydrogen) atoms. The molecular formula is C13H17ClN2O2. The van der Waals surface area contributed by atoms with Crippen molar-refractivity contribution in [1.82, 2.24) is 0 Å². The van der Waals surface area contributed by atoms with E-state index in [-0.39, 0.29) is 5.69 Å². The van der Waals surface area contributed by atoms with E-state index < -0.39 is 4.92 Å². The molecule has 1 aliphatic carbocycles. The van der Waals surface area contributed by atoms with Gasteiger partial charge in [-0.1, -0.05) is 31.4 Å². The third-order valence-corrected chi connectivity index (χ3v) is 3.77. The molecule has 1 aromatic rings. The molecule has 1 aliphatic rings. The molecule has 2 atom stereocenters. The van der Waals surface area contributed by atoms with Gasteiger partial charge in [0, 0.05) is 18.2 Å². The van der Waals surface area contributed by atoms with E-state index in [1.165, 1.54) is 25.0 Å². The Kier molecular flexibility index (Phi) is 4.07. The molecular weight excluding hydrogens is 252 g/mol. The summed E-state index contributed by atoms with van der Waals surface area (Å²) in [6, 6.07) is 5.00. The molecule has 0 saturated heterocycles.